The van der Waals surface area contributed by atoms with E-state index < -0.39 is 18.0 Å². The maximum absolute atomic E-state index is 12.8. The molecule has 1 aromatic carbocycles. The summed E-state index contributed by atoms with van der Waals surface area (Å²) in [4.78, 5) is 12.2. The van der Waals surface area contributed by atoms with Crippen LogP contribution in [0.15, 0.2) is 36.5 Å². The summed E-state index contributed by atoms with van der Waals surface area (Å²) < 4.78 is 28.6. The van der Waals surface area contributed by atoms with Crippen molar-refractivity contribution in [3.8, 4) is 0 Å². The fraction of sp³-hybridized carbons (Fsp3) is 0.278. The Morgan fingerprint density at radius 1 is 1.22 bits per heavy atom. The van der Waals surface area contributed by atoms with Gasteiger partial charge in [0.2, 0.25) is 5.91 Å². The summed E-state index contributed by atoms with van der Waals surface area (Å²) in [5, 5.41) is 10.5. The number of aryl methyl sites for hydroxylation is 1. The van der Waals surface area contributed by atoms with Crippen molar-refractivity contribution in [2.24, 2.45) is 0 Å². The summed E-state index contributed by atoms with van der Waals surface area (Å²) in [5.41, 5.74) is 2.07. The molecule has 0 fully saturated rings. The first-order valence-corrected chi connectivity index (χ1v) is 8.61. The van der Waals surface area contributed by atoms with Crippen LogP contribution in [0.5, 0.6) is 0 Å². The smallest absolute Gasteiger partial charge is 0.283 e. The average molecular weight is 394 g/mol. The van der Waals surface area contributed by atoms with Crippen molar-refractivity contribution in [1.29, 1.82) is 0 Å². The predicted octanol–water partition coefficient (Wildman–Crippen LogP) is 3.97. The number of benzene rings is 1. The number of amides is 1. The second-order valence-corrected chi connectivity index (χ2v) is 6.49. The van der Waals surface area contributed by atoms with Crippen LogP contribution in [0.2, 0.25) is 5.02 Å². The van der Waals surface area contributed by atoms with E-state index in [9.17, 15) is 13.6 Å². The molecule has 0 unspecified atom stereocenters. The van der Waals surface area contributed by atoms with Gasteiger partial charge in [0.15, 0.2) is 5.82 Å². The SMILES string of the molecule is Cc1ccccc1Cn1ccc(NC(=O)Cn2nc(C(F)F)c(Cl)c2C)n1. The van der Waals surface area contributed by atoms with Crippen molar-refractivity contribution in [2.75, 3.05) is 5.32 Å². The molecule has 3 rings (SSSR count). The molecule has 0 aliphatic rings. The maximum Gasteiger partial charge on any atom is 0.283 e. The van der Waals surface area contributed by atoms with E-state index in [1.807, 2.05) is 31.2 Å². The Kier molecular flexibility index (Phi) is 5.55. The first-order valence-electron chi connectivity index (χ1n) is 8.24. The number of aromatic nitrogens is 4. The number of hydrogen-bond donors (Lipinski definition) is 1. The number of rotatable bonds is 6. The van der Waals surface area contributed by atoms with E-state index in [0.29, 0.717) is 18.1 Å². The second kappa shape index (κ2) is 7.87. The molecular formula is C18H18ClF2N5O. The van der Waals surface area contributed by atoms with Crippen molar-refractivity contribution >= 4 is 23.3 Å². The lowest BCUT2D eigenvalue weighted by atomic mass is 10.1. The zero-order chi connectivity index (χ0) is 19.6. The molecule has 3 aromatic rings. The predicted molar refractivity (Wildman–Crippen MR) is 98.1 cm³/mol. The number of hydrogen-bond acceptors (Lipinski definition) is 3. The lowest BCUT2D eigenvalue weighted by Gasteiger charge is -2.06. The van der Waals surface area contributed by atoms with Gasteiger partial charge in [-0.1, -0.05) is 35.9 Å². The Morgan fingerprint density at radius 3 is 2.63 bits per heavy atom. The number of nitrogens with zero attached hydrogens (tertiary/aromatic N) is 4. The molecule has 0 aliphatic carbocycles. The molecule has 2 heterocycles. The molecular weight excluding hydrogens is 376 g/mol. The van der Waals surface area contributed by atoms with Crippen LogP contribution in [0, 0.1) is 13.8 Å². The molecule has 6 nitrogen and oxygen atoms in total. The van der Waals surface area contributed by atoms with Gasteiger partial charge in [-0.3, -0.25) is 14.2 Å². The van der Waals surface area contributed by atoms with Gasteiger partial charge in [-0.2, -0.15) is 10.2 Å². The molecule has 0 radical (unpaired) electrons. The highest BCUT2D eigenvalue weighted by atomic mass is 35.5. The molecule has 0 aliphatic heterocycles. The van der Waals surface area contributed by atoms with E-state index in [2.05, 4.69) is 15.5 Å². The molecule has 142 valence electrons. The van der Waals surface area contributed by atoms with Crippen molar-refractivity contribution in [1.82, 2.24) is 19.6 Å². The van der Waals surface area contributed by atoms with E-state index in [1.165, 1.54) is 6.92 Å². The Labute approximate surface area is 159 Å². The summed E-state index contributed by atoms with van der Waals surface area (Å²) >= 11 is 5.83. The van der Waals surface area contributed by atoms with Gasteiger partial charge in [-0.25, -0.2) is 8.78 Å². The van der Waals surface area contributed by atoms with Crippen molar-refractivity contribution < 1.29 is 13.6 Å². The van der Waals surface area contributed by atoms with Crippen LogP contribution in [0.1, 0.15) is 28.9 Å². The van der Waals surface area contributed by atoms with Crippen molar-refractivity contribution in [2.45, 2.75) is 33.4 Å². The third kappa shape index (κ3) is 4.33. The molecule has 9 heteroatoms. The largest absolute Gasteiger partial charge is 0.308 e. The summed E-state index contributed by atoms with van der Waals surface area (Å²) in [6, 6.07) is 9.63. The number of carbonyl (C=O) groups is 1. The Balaban J connectivity index is 1.65. The van der Waals surface area contributed by atoms with Crippen LogP contribution in [0.3, 0.4) is 0 Å². The Hall–Kier alpha value is -2.74. The standard InChI is InChI=1S/C18H18ClF2N5O/c1-11-5-3-4-6-13(11)9-25-8-7-14(23-25)22-15(27)10-26-12(2)16(19)17(24-26)18(20)21/h3-8,18H,9-10H2,1-2H3,(H,22,23,27). The highest BCUT2D eigenvalue weighted by molar-refractivity contribution is 6.31. The average Bonchev–Trinajstić information content (AvgIpc) is 3.16. The normalized spacial score (nSPS) is 11.2. The third-order valence-electron chi connectivity index (χ3n) is 4.16. The number of alkyl halides is 2. The summed E-state index contributed by atoms with van der Waals surface area (Å²) in [7, 11) is 0. The molecule has 2 aromatic heterocycles. The monoisotopic (exact) mass is 393 g/mol. The Bertz CT molecular complexity index is 967. The van der Waals surface area contributed by atoms with Gasteiger partial charge < -0.3 is 5.32 Å². The van der Waals surface area contributed by atoms with Crippen LogP contribution >= 0.6 is 11.6 Å². The van der Waals surface area contributed by atoms with Crippen LogP contribution in [0.4, 0.5) is 14.6 Å². The molecule has 0 bridgehead atoms. The summed E-state index contributed by atoms with van der Waals surface area (Å²) in [6.07, 6.45) is -1.04. The van der Waals surface area contributed by atoms with Gasteiger partial charge in [0, 0.05) is 12.3 Å². The lowest BCUT2D eigenvalue weighted by molar-refractivity contribution is -0.117. The van der Waals surface area contributed by atoms with Crippen LogP contribution in [-0.4, -0.2) is 25.5 Å². The minimum Gasteiger partial charge on any atom is -0.308 e. The van der Waals surface area contributed by atoms with Crippen LogP contribution in [-0.2, 0) is 17.9 Å². The molecule has 0 saturated heterocycles. The van der Waals surface area contributed by atoms with Gasteiger partial charge in [0.1, 0.15) is 12.2 Å². The minimum absolute atomic E-state index is 0.125. The first-order chi connectivity index (χ1) is 12.8. The molecule has 27 heavy (non-hydrogen) atoms. The number of anilines is 1. The van der Waals surface area contributed by atoms with E-state index in [1.54, 1.807) is 16.9 Å². The fourth-order valence-corrected chi connectivity index (χ4v) is 2.86. The van der Waals surface area contributed by atoms with Crippen LogP contribution in [0.25, 0.3) is 0 Å². The van der Waals surface area contributed by atoms with E-state index in [0.717, 1.165) is 15.8 Å². The lowest BCUT2D eigenvalue weighted by Crippen LogP contribution is -2.20. The molecule has 0 saturated carbocycles. The molecule has 0 spiro atoms. The fourth-order valence-electron chi connectivity index (χ4n) is 2.64. The van der Waals surface area contributed by atoms with Crippen LogP contribution < -0.4 is 5.32 Å². The van der Waals surface area contributed by atoms with Gasteiger partial charge in [0.25, 0.3) is 6.43 Å². The van der Waals surface area contributed by atoms with Gasteiger partial charge >= 0.3 is 0 Å². The second-order valence-electron chi connectivity index (χ2n) is 6.12. The van der Waals surface area contributed by atoms with E-state index in [-0.39, 0.29) is 11.6 Å². The molecule has 1 N–H and O–H groups in total. The number of nitrogens with one attached hydrogen (secondary N) is 1. The summed E-state index contributed by atoms with van der Waals surface area (Å²) in [6.45, 7) is 3.90. The van der Waals surface area contributed by atoms with Crippen molar-refractivity contribution in [3.05, 3.63) is 64.1 Å². The van der Waals surface area contributed by atoms with Crippen molar-refractivity contribution in [3.63, 3.8) is 0 Å². The van der Waals surface area contributed by atoms with Gasteiger partial charge in [0.05, 0.1) is 17.3 Å². The van der Waals surface area contributed by atoms with E-state index in [4.69, 9.17) is 11.6 Å². The topological polar surface area (TPSA) is 64.7 Å². The highest BCUT2D eigenvalue weighted by Crippen LogP contribution is 2.28. The number of carbonyl (C=O) groups excluding carboxylic acids is 1. The maximum atomic E-state index is 12.8. The first kappa shape index (κ1) is 19.0. The quantitative estimate of drug-likeness (QED) is 0.689. The van der Waals surface area contributed by atoms with E-state index >= 15 is 0 Å². The highest BCUT2D eigenvalue weighted by Gasteiger charge is 2.21. The molecule has 0 atom stereocenters. The number of halogens is 3. The van der Waals surface area contributed by atoms with Gasteiger partial charge in [-0.05, 0) is 25.0 Å². The zero-order valence-electron chi connectivity index (χ0n) is 14.8. The minimum atomic E-state index is -2.79. The molecule has 1 amide bonds. The zero-order valence-corrected chi connectivity index (χ0v) is 15.5. The Morgan fingerprint density at radius 2 is 1.96 bits per heavy atom. The summed E-state index contributed by atoms with van der Waals surface area (Å²) in [5.74, 6) is -0.0576. The van der Waals surface area contributed by atoms with Gasteiger partial charge in [-0.15, -0.1) is 0 Å². The third-order valence-corrected chi connectivity index (χ3v) is 4.63.